The first kappa shape index (κ1) is 17.3. The van der Waals surface area contributed by atoms with Crippen molar-refractivity contribution in [1.82, 2.24) is 4.98 Å². The van der Waals surface area contributed by atoms with Crippen LogP contribution in [0.15, 0.2) is 24.4 Å². The number of nitrogens with zero attached hydrogens (tertiary/aromatic N) is 3. The SMILES string of the molecule is Cc1cnc(NC(=O)c2ccc(N3CCCCCC3)c([N+](=O)[O-])c2)s1. The predicted octanol–water partition coefficient (Wildman–Crippen LogP) is 3.99. The number of amides is 1. The minimum atomic E-state index is -0.412. The molecule has 0 saturated carbocycles. The number of nitro groups is 1. The van der Waals surface area contributed by atoms with Gasteiger partial charge >= 0.3 is 0 Å². The Morgan fingerprint density at radius 1 is 1.28 bits per heavy atom. The molecule has 1 aliphatic rings. The largest absolute Gasteiger partial charge is 0.366 e. The van der Waals surface area contributed by atoms with Crippen molar-refractivity contribution in [2.24, 2.45) is 0 Å². The van der Waals surface area contributed by atoms with Crippen LogP contribution in [0.3, 0.4) is 0 Å². The highest BCUT2D eigenvalue weighted by atomic mass is 32.1. The fourth-order valence-corrected chi connectivity index (χ4v) is 3.63. The molecule has 1 N–H and O–H groups in total. The molecule has 0 atom stereocenters. The molecular formula is C17H20N4O3S. The Labute approximate surface area is 149 Å². The third kappa shape index (κ3) is 4.14. The minimum absolute atomic E-state index is 0.0233. The van der Waals surface area contributed by atoms with E-state index in [1.165, 1.54) is 17.4 Å². The Bertz CT molecular complexity index is 782. The monoisotopic (exact) mass is 360 g/mol. The van der Waals surface area contributed by atoms with Gasteiger partial charge in [-0.3, -0.25) is 20.2 Å². The van der Waals surface area contributed by atoms with Crippen LogP contribution in [0.25, 0.3) is 0 Å². The minimum Gasteiger partial charge on any atom is -0.366 e. The van der Waals surface area contributed by atoms with Gasteiger partial charge in [-0.05, 0) is 31.9 Å². The number of benzene rings is 1. The van der Waals surface area contributed by atoms with Crippen LogP contribution in [-0.2, 0) is 0 Å². The smallest absolute Gasteiger partial charge is 0.293 e. The standard InChI is InChI=1S/C17H20N4O3S/c1-12-11-18-17(25-12)19-16(22)13-6-7-14(15(10-13)21(23)24)20-8-4-2-3-5-9-20/h6-7,10-11H,2-5,8-9H2,1H3,(H,18,19,22). The number of hydrogen-bond donors (Lipinski definition) is 1. The number of nitro benzene ring substituents is 1. The molecule has 7 nitrogen and oxygen atoms in total. The lowest BCUT2D eigenvalue weighted by atomic mass is 10.1. The molecule has 1 amide bonds. The van der Waals surface area contributed by atoms with Gasteiger partial charge in [0.2, 0.25) is 0 Å². The first-order chi connectivity index (χ1) is 12.0. The lowest BCUT2D eigenvalue weighted by molar-refractivity contribution is -0.384. The van der Waals surface area contributed by atoms with Crippen LogP contribution in [0.2, 0.25) is 0 Å². The maximum atomic E-state index is 12.4. The second-order valence-corrected chi connectivity index (χ2v) is 7.33. The number of hydrogen-bond acceptors (Lipinski definition) is 6. The molecule has 0 spiro atoms. The molecule has 8 heteroatoms. The first-order valence-electron chi connectivity index (χ1n) is 8.32. The van der Waals surface area contributed by atoms with Crippen molar-refractivity contribution < 1.29 is 9.72 Å². The second-order valence-electron chi connectivity index (χ2n) is 6.09. The molecule has 1 aliphatic heterocycles. The summed E-state index contributed by atoms with van der Waals surface area (Å²) in [5.41, 5.74) is 0.830. The van der Waals surface area contributed by atoms with Gasteiger partial charge in [0, 0.05) is 35.8 Å². The van der Waals surface area contributed by atoms with E-state index in [4.69, 9.17) is 0 Å². The van der Waals surface area contributed by atoms with Crippen molar-refractivity contribution in [3.8, 4) is 0 Å². The van der Waals surface area contributed by atoms with E-state index in [9.17, 15) is 14.9 Å². The molecule has 1 saturated heterocycles. The molecule has 1 fully saturated rings. The molecule has 1 aromatic carbocycles. The average Bonchev–Trinajstić information content (AvgIpc) is 2.85. The van der Waals surface area contributed by atoms with Crippen LogP contribution >= 0.6 is 11.3 Å². The van der Waals surface area contributed by atoms with Crippen molar-refractivity contribution in [3.63, 3.8) is 0 Å². The van der Waals surface area contributed by atoms with Gasteiger partial charge in [-0.1, -0.05) is 12.8 Å². The molecule has 2 aromatic rings. The average molecular weight is 360 g/mol. The zero-order valence-corrected chi connectivity index (χ0v) is 14.8. The van der Waals surface area contributed by atoms with E-state index in [-0.39, 0.29) is 17.2 Å². The molecule has 3 rings (SSSR count). The summed E-state index contributed by atoms with van der Waals surface area (Å²) in [7, 11) is 0. The fraction of sp³-hybridized carbons (Fsp3) is 0.412. The van der Waals surface area contributed by atoms with Crippen LogP contribution in [-0.4, -0.2) is 28.9 Å². The van der Waals surface area contributed by atoms with Crippen LogP contribution in [0.5, 0.6) is 0 Å². The van der Waals surface area contributed by atoms with Crippen molar-refractivity contribution in [1.29, 1.82) is 0 Å². The van der Waals surface area contributed by atoms with Gasteiger partial charge < -0.3 is 4.90 Å². The molecule has 25 heavy (non-hydrogen) atoms. The van der Waals surface area contributed by atoms with Gasteiger partial charge in [-0.25, -0.2) is 4.98 Å². The lowest BCUT2D eigenvalue weighted by Crippen LogP contribution is -2.25. The molecular weight excluding hydrogens is 340 g/mol. The first-order valence-corrected chi connectivity index (χ1v) is 9.13. The second kappa shape index (κ2) is 7.60. The number of anilines is 2. The van der Waals surface area contributed by atoms with E-state index in [2.05, 4.69) is 15.2 Å². The number of nitrogens with one attached hydrogen (secondary N) is 1. The van der Waals surface area contributed by atoms with Crippen LogP contribution in [0.4, 0.5) is 16.5 Å². The van der Waals surface area contributed by atoms with Crippen molar-refractivity contribution >= 4 is 33.8 Å². The third-order valence-corrected chi connectivity index (χ3v) is 5.05. The lowest BCUT2D eigenvalue weighted by Gasteiger charge is -2.22. The van der Waals surface area contributed by atoms with E-state index < -0.39 is 4.92 Å². The molecule has 0 unspecified atom stereocenters. The maximum absolute atomic E-state index is 12.4. The summed E-state index contributed by atoms with van der Waals surface area (Å²) in [6.45, 7) is 3.52. The number of thiazole rings is 1. The highest BCUT2D eigenvalue weighted by molar-refractivity contribution is 7.15. The van der Waals surface area contributed by atoms with Gasteiger partial charge in [0.1, 0.15) is 5.69 Å². The Kier molecular flexibility index (Phi) is 5.28. The number of aryl methyl sites for hydroxylation is 1. The molecule has 132 valence electrons. The van der Waals surface area contributed by atoms with E-state index in [1.807, 2.05) is 6.92 Å². The molecule has 0 radical (unpaired) electrons. The summed E-state index contributed by atoms with van der Waals surface area (Å²) in [5, 5.41) is 14.7. The zero-order chi connectivity index (χ0) is 17.8. The van der Waals surface area contributed by atoms with Crippen LogP contribution in [0.1, 0.15) is 40.9 Å². The molecule has 1 aromatic heterocycles. The third-order valence-electron chi connectivity index (χ3n) is 4.22. The van der Waals surface area contributed by atoms with Crippen molar-refractivity contribution in [3.05, 3.63) is 45.0 Å². The van der Waals surface area contributed by atoms with Gasteiger partial charge in [0.15, 0.2) is 5.13 Å². The number of aromatic nitrogens is 1. The predicted molar refractivity (Wildman–Crippen MR) is 98.6 cm³/mol. The van der Waals surface area contributed by atoms with Crippen LogP contribution in [0, 0.1) is 17.0 Å². The van der Waals surface area contributed by atoms with Gasteiger partial charge in [0.25, 0.3) is 11.6 Å². The van der Waals surface area contributed by atoms with E-state index in [1.54, 1.807) is 18.3 Å². The number of carbonyl (C=O) groups excluding carboxylic acids is 1. The summed E-state index contributed by atoms with van der Waals surface area (Å²) in [6, 6.07) is 4.69. The van der Waals surface area contributed by atoms with Crippen LogP contribution < -0.4 is 10.2 Å². The summed E-state index contributed by atoms with van der Waals surface area (Å²) in [6.07, 6.45) is 6.03. The molecule has 0 bridgehead atoms. The maximum Gasteiger partial charge on any atom is 0.293 e. The fourth-order valence-electron chi connectivity index (χ4n) is 2.97. The van der Waals surface area contributed by atoms with Gasteiger partial charge in [-0.2, -0.15) is 0 Å². The summed E-state index contributed by atoms with van der Waals surface area (Å²) in [4.78, 5) is 30.6. The summed E-state index contributed by atoms with van der Waals surface area (Å²) in [5.74, 6) is -0.389. The summed E-state index contributed by atoms with van der Waals surface area (Å²) < 4.78 is 0. The Hall–Kier alpha value is -2.48. The molecule has 2 heterocycles. The van der Waals surface area contributed by atoms with Gasteiger partial charge in [-0.15, -0.1) is 11.3 Å². The Balaban J connectivity index is 1.85. The Morgan fingerprint density at radius 3 is 2.60 bits per heavy atom. The molecule has 0 aliphatic carbocycles. The van der Waals surface area contributed by atoms with Crippen molar-refractivity contribution in [2.75, 3.05) is 23.3 Å². The van der Waals surface area contributed by atoms with Crippen molar-refractivity contribution in [2.45, 2.75) is 32.6 Å². The van der Waals surface area contributed by atoms with E-state index >= 15 is 0 Å². The highest BCUT2D eigenvalue weighted by Crippen LogP contribution is 2.31. The van der Waals surface area contributed by atoms with E-state index in [0.717, 1.165) is 43.6 Å². The normalized spacial score (nSPS) is 14.8. The number of rotatable bonds is 4. The van der Waals surface area contributed by atoms with Gasteiger partial charge in [0.05, 0.1) is 4.92 Å². The topological polar surface area (TPSA) is 88.4 Å². The van der Waals surface area contributed by atoms with E-state index in [0.29, 0.717) is 10.8 Å². The quantitative estimate of drug-likeness (QED) is 0.658. The number of carbonyl (C=O) groups is 1. The highest BCUT2D eigenvalue weighted by Gasteiger charge is 2.23. The summed E-state index contributed by atoms with van der Waals surface area (Å²) >= 11 is 1.36. The Morgan fingerprint density at radius 2 is 2.00 bits per heavy atom. The zero-order valence-electron chi connectivity index (χ0n) is 14.0.